The van der Waals surface area contributed by atoms with E-state index in [1.807, 2.05) is 13.8 Å². The van der Waals surface area contributed by atoms with Gasteiger partial charge in [0.25, 0.3) is 0 Å². The number of esters is 1. The average molecular weight is 778 g/mol. The van der Waals surface area contributed by atoms with Crippen molar-refractivity contribution in [2.24, 2.45) is 5.41 Å². The van der Waals surface area contributed by atoms with Gasteiger partial charge in [-0.05, 0) is 102 Å². The fraction of sp³-hybridized carbons (Fsp3) is 0.405. The van der Waals surface area contributed by atoms with Crippen LogP contribution in [0.1, 0.15) is 84.3 Å². The first-order valence-corrected chi connectivity index (χ1v) is 16.5. The molecule has 286 valence electrons. The molecule has 1 aliphatic carbocycles. The molecule has 1 amide bonds. The van der Waals surface area contributed by atoms with E-state index in [4.69, 9.17) is 21.1 Å². The number of alkyl halides is 9. The summed E-state index contributed by atoms with van der Waals surface area (Å²) in [6.07, 6.45) is -16.4. The van der Waals surface area contributed by atoms with Crippen LogP contribution in [0.5, 0.6) is 5.75 Å². The minimum Gasteiger partial charge on any atom is -0.496 e. The molecule has 1 aliphatic heterocycles. The van der Waals surface area contributed by atoms with Gasteiger partial charge in [-0.25, -0.2) is 9.59 Å². The number of hydrogen-bond acceptors (Lipinski definition) is 5. The third-order valence-corrected chi connectivity index (χ3v) is 9.83. The van der Waals surface area contributed by atoms with Crippen LogP contribution < -0.4 is 4.74 Å². The summed E-state index contributed by atoms with van der Waals surface area (Å²) in [7, 11) is 2.32. The first-order valence-electron chi connectivity index (χ1n) is 16.1. The summed E-state index contributed by atoms with van der Waals surface area (Å²) in [5, 5.41) is -0.154. The molecule has 0 spiro atoms. The second-order valence-corrected chi connectivity index (χ2v) is 14.1. The molecule has 53 heavy (non-hydrogen) atoms. The maximum absolute atomic E-state index is 14.5. The molecule has 0 saturated carbocycles. The molecule has 1 saturated heterocycles. The second-order valence-electron chi connectivity index (χ2n) is 13.7. The highest BCUT2D eigenvalue weighted by Gasteiger charge is 2.44. The molecule has 0 radical (unpaired) electrons. The number of ether oxygens (including phenoxy) is 3. The molecule has 0 aromatic heterocycles. The van der Waals surface area contributed by atoms with Crippen LogP contribution >= 0.6 is 11.6 Å². The van der Waals surface area contributed by atoms with Crippen molar-refractivity contribution in [1.29, 1.82) is 0 Å². The van der Waals surface area contributed by atoms with Gasteiger partial charge < -0.3 is 14.2 Å². The SMILES string of the molecule is COC(=O)c1ccc(-c2cc(C3=C(CN4C(=O)O[C@H](c5cc(C(F)(F)F)cc(C(F)(F)F)c5)[C@@H]4C)CC(C)(C)CC3)c(OC)cc2C(F)(F)F)cc1Cl. The maximum atomic E-state index is 14.5. The first kappa shape index (κ1) is 39.8. The fourth-order valence-corrected chi connectivity index (χ4v) is 7.07. The molecular weight excluding hydrogens is 745 g/mol. The van der Waals surface area contributed by atoms with Crippen LogP contribution in [-0.4, -0.2) is 43.8 Å². The predicted molar refractivity (Wildman–Crippen MR) is 176 cm³/mol. The lowest BCUT2D eigenvalue weighted by atomic mass is 9.72. The molecule has 0 bridgehead atoms. The van der Waals surface area contributed by atoms with Gasteiger partial charge in [0.05, 0.1) is 47.5 Å². The lowest BCUT2D eigenvalue weighted by Gasteiger charge is -2.36. The van der Waals surface area contributed by atoms with Crippen LogP contribution in [0.3, 0.4) is 0 Å². The summed E-state index contributed by atoms with van der Waals surface area (Å²) in [6.45, 7) is 5.12. The average Bonchev–Trinajstić information content (AvgIpc) is 3.34. The van der Waals surface area contributed by atoms with Crippen LogP contribution in [0.4, 0.5) is 44.3 Å². The molecule has 1 heterocycles. The van der Waals surface area contributed by atoms with Crippen molar-refractivity contribution < 1.29 is 63.3 Å². The van der Waals surface area contributed by atoms with Crippen molar-refractivity contribution in [1.82, 2.24) is 4.90 Å². The highest BCUT2D eigenvalue weighted by atomic mass is 35.5. The minimum atomic E-state index is -5.12. The Bertz CT molecular complexity index is 1940. The Morgan fingerprint density at radius 3 is 2.06 bits per heavy atom. The number of benzene rings is 3. The number of carbonyl (C=O) groups excluding carboxylic acids is 2. The van der Waals surface area contributed by atoms with E-state index in [0.29, 0.717) is 42.5 Å². The Labute approximate surface area is 303 Å². The molecule has 3 aromatic rings. The summed E-state index contributed by atoms with van der Waals surface area (Å²) >= 11 is 6.28. The van der Waals surface area contributed by atoms with Gasteiger partial charge in [0.15, 0.2) is 0 Å². The number of allylic oxidation sites excluding steroid dienone is 1. The molecule has 3 aromatic carbocycles. The molecule has 2 aliphatic rings. The normalized spacial score (nSPS) is 19.4. The van der Waals surface area contributed by atoms with Crippen LogP contribution in [-0.2, 0) is 28.0 Å². The molecular formula is C37H33ClF9NO5. The maximum Gasteiger partial charge on any atom is 0.417 e. The van der Waals surface area contributed by atoms with Crippen molar-refractivity contribution in [2.45, 2.75) is 70.7 Å². The fourth-order valence-electron chi connectivity index (χ4n) is 6.81. The van der Waals surface area contributed by atoms with E-state index in [0.717, 1.165) is 13.2 Å². The summed E-state index contributed by atoms with van der Waals surface area (Å²) in [5.74, 6) is -0.928. The van der Waals surface area contributed by atoms with Gasteiger partial charge >= 0.3 is 30.6 Å². The van der Waals surface area contributed by atoms with Crippen molar-refractivity contribution in [3.05, 3.63) is 92.5 Å². The lowest BCUT2D eigenvalue weighted by molar-refractivity contribution is -0.143. The Morgan fingerprint density at radius 2 is 1.53 bits per heavy atom. The van der Waals surface area contributed by atoms with E-state index in [-0.39, 0.29) is 51.1 Å². The summed E-state index contributed by atoms with van der Waals surface area (Å²) < 4.78 is 141. The first-order chi connectivity index (χ1) is 24.4. The highest BCUT2D eigenvalue weighted by Crippen LogP contribution is 2.49. The van der Waals surface area contributed by atoms with E-state index in [2.05, 4.69) is 4.74 Å². The van der Waals surface area contributed by atoms with E-state index < -0.39 is 65.0 Å². The van der Waals surface area contributed by atoms with Crippen LogP contribution in [0.2, 0.25) is 5.02 Å². The van der Waals surface area contributed by atoms with E-state index in [1.165, 1.54) is 43.2 Å². The monoisotopic (exact) mass is 777 g/mol. The number of hydrogen-bond donors (Lipinski definition) is 0. The second kappa shape index (κ2) is 14.1. The molecule has 6 nitrogen and oxygen atoms in total. The van der Waals surface area contributed by atoms with Gasteiger partial charge in [-0.1, -0.05) is 31.5 Å². The number of nitrogens with zero attached hydrogens (tertiary/aromatic N) is 1. The third-order valence-electron chi connectivity index (χ3n) is 9.52. The smallest absolute Gasteiger partial charge is 0.417 e. The van der Waals surface area contributed by atoms with Gasteiger partial charge in [0, 0.05) is 12.1 Å². The minimum absolute atomic E-state index is 0.0168. The van der Waals surface area contributed by atoms with E-state index >= 15 is 0 Å². The Balaban J connectivity index is 1.62. The number of methoxy groups -OCH3 is 2. The van der Waals surface area contributed by atoms with Crippen LogP contribution in [0.25, 0.3) is 16.7 Å². The molecule has 5 rings (SSSR count). The van der Waals surface area contributed by atoms with Gasteiger partial charge in [-0.2, -0.15) is 39.5 Å². The van der Waals surface area contributed by atoms with E-state index in [1.54, 1.807) is 0 Å². The standard InChI is InChI=1S/C37H33ClF9NO5/c1-18-31(20-10-22(35(39,40)41)13-23(11-20)36(42,43)44)53-33(50)48(18)17-21-16-34(2,3)9-8-24(21)27-14-26(28(37(45,46)47)15-30(27)51-4)19-6-7-25(29(38)12-19)32(49)52-5/h6-7,10-15,18,31H,8-9,16-17H2,1-5H3/t18-,31-/m0/s1. The molecule has 2 atom stereocenters. The number of rotatable bonds is 7. The number of carbonyl (C=O) groups is 2. The van der Waals surface area contributed by atoms with Crippen molar-refractivity contribution in [2.75, 3.05) is 20.8 Å². The Morgan fingerprint density at radius 1 is 0.906 bits per heavy atom. The number of cyclic esters (lactones) is 1. The molecule has 0 N–H and O–H groups in total. The van der Waals surface area contributed by atoms with Gasteiger partial charge in [0.2, 0.25) is 0 Å². The Kier molecular flexibility index (Phi) is 10.6. The zero-order valence-corrected chi connectivity index (χ0v) is 29.6. The quantitative estimate of drug-likeness (QED) is 0.177. The van der Waals surface area contributed by atoms with Crippen LogP contribution in [0, 0.1) is 5.41 Å². The Hall–Kier alpha value is -4.40. The lowest BCUT2D eigenvalue weighted by Crippen LogP contribution is -2.35. The molecule has 16 heteroatoms. The van der Waals surface area contributed by atoms with E-state index in [9.17, 15) is 49.1 Å². The van der Waals surface area contributed by atoms with Gasteiger partial charge in [0.1, 0.15) is 11.9 Å². The summed E-state index contributed by atoms with van der Waals surface area (Å²) in [4.78, 5) is 26.6. The van der Waals surface area contributed by atoms with Crippen LogP contribution in [0.15, 0.2) is 54.1 Å². The number of halogens is 10. The van der Waals surface area contributed by atoms with Gasteiger partial charge in [-0.3, -0.25) is 4.90 Å². The predicted octanol–water partition coefficient (Wildman–Crippen LogP) is 11.4. The summed E-state index contributed by atoms with van der Waals surface area (Å²) in [6, 6.07) is 5.82. The zero-order chi connectivity index (χ0) is 39.4. The summed E-state index contributed by atoms with van der Waals surface area (Å²) in [5.41, 5.74) is -4.00. The zero-order valence-electron chi connectivity index (χ0n) is 28.9. The van der Waals surface area contributed by atoms with Gasteiger partial charge in [-0.15, -0.1) is 0 Å². The molecule has 0 unspecified atom stereocenters. The van der Waals surface area contributed by atoms with Crippen molar-refractivity contribution >= 4 is 29.2 Å². The highest BCUT2D eigenvalue weighted by molar-refractivity contribution is 6.33. The topological polar surface area (TPSA) is 65.1 Å². The number of amides is 1. The van der Waals surface area contributed by atoms with Crippen molar-refractivity contribution in [3.63, 3.8) is 0 Å². The molecule has 1 fully saturated rings. The van der Waals surface area contributed by atoms with Crippen molar-refractivity contribution in [3.8, 4) is 16.9 Å². The third kappa shape index (κ3) is 8.24. The largest absolute Gasteiger partial charge is 0.496 e.